The van der Waals surface area contributed by atoms with E-state index in [1.807, 2.05) is 23.1 Å². The van der Waals surface area contributed by atoms with Crippen LogP contribution < -0.4 is 14.4 Å². The number of nitrogens with zero attached hydrogens (tertiary/aromatic N) is 2. The lowest BCUT2D eigenvalue weighted by atomic mass is 9.96. The number of aliphatic hydroxyl groups is 1. The second-order valence-corrected chi connectivity index (χ2v) is 10.8. The zero-order chi connectivity index (χ0) is 32.3. The van der Waals surface area contributed by atoms with Crippen molar-refractivity contribution in [1.29, 1.82) is 0 Å². The smallest absolute Gasteiger partial charge is 0.336 e. The molecule has 0 spiro atoms. The molecule has 2 aliphatic heterocycles. The molecular weight excluding hydrogens is 576 g/mol. The lowest BCUT2D eigenvalue weighted by molar-refractivity contribution is -0.170. The van der Waals surface area contributed by atoms with Gasteiger partial charge in [0.1, 0.15) is 11.5 Å². The highest BCUT2D eigenvalue weighted by molar-refractivity contribution is 5.95. The Morgan fingerprint density at radius 2 is 1.66 bits per heavy atom. The average molecular weight is 617 g/mol. The number of anilines is 1. The molecule has 1 amide bonds. The van der Waals surface area contributed by atoms with Gasteiger partial charge >= 0.3 is 17.9 Å². The van der Waals surface area contributed by atoms with Crippen molar-refractivity contribution >= 4 is 29.5 Å². The highest BCUT2D eigenvalue weighted by Gasteiger charge is 2.40. The van der Waals surface area contributed by atoms with E-state index < -0.39 is 36.4 Å². The van der Waals surface area contributed by atoms with Crippen molar-refractivity contribution in [3.63, 3.8) is 0 Å². The molecule has 2 saturated heterocycles. The topological polar surface area (TPSA) is 183 Å². The van der Waals surface area contributed by atoms with Crippen LogP contribution >= 0.6 is 0 Å². The molecule has 1 atom stereocenters. The summed E-state index contributed by atoms with van der Waals surface area (Å²) in [5.41, 5.74) is 0.568. The normalized spacial score (nSPS) is 16.4. The molecule has 0 radical (unpaired) electrons. The zero-order valence-electron chi connectivity index (χ0n) is 24.9. The number of ether oxygens (including phenoxy) is 3. The second kappa shape index (κ2) is 16.0. The third kappa shape index (κ3) is 9.93. The highest BCUT2D eigenvalue weighted by Crippen LogP contribution is 2.28. The maximum atomic E-state index is 12.0. The van der Waals surface area contributed by atoms with Gasteiger partial charge in [-0.2, -0.15) is 0 Å². The van der Waals surface area contributed by atoms with Gasteiger partial charge in [-0.15, -0.1) is 0 Å². The van der Waals surface area contributed by atoms with Crippen LogP contribution in [-0.2, 0) is 37.0 Å². The van der Waals surface area contributed by atoms with Crippen LogP contribution in [0.5, 0.6) is 11.5 Å². The van der Waals surface area contributed by atoms with Crippen molar-refractivity contribution in [2.24, 2.45) is 0 Å². The Bertz CT molecular complexity index is 1280. The maximum Gasteiger partial charge on any atom is 0.336 e. The third-order valence-electron chi connectivity index (χ3n) is 7.38. The van der Waals surface area contributed by atoms with Crippen LogP contribution in [0.25, 0.3) is 0 Å². The lowest BCUT2D eigenvalue weighted by Crippen LogP contribution is -2.42. The number of benzene rings is 2. The van der Waals surface area contributed by atoms with Crippen molar-refractivity contribution in [2.75, 3.05) is 38.8 Å². The van der Waals surface area contributed by atoms with Crippen molar-refractivity contribution in [3.05, 3.63) is 53.6 Å². The number of rotatable bonds is 14. The Labute approximate surface area is 255 Å². The minimum Gasteiger partial charge on any atom is -0.497 e. The van der Waals surface area contributed by atoms with E-state index in [0.29, 0.717) is 6.42 Å². The van der Waals surface area contributed by atoms with E-state index in [1.165, 1.54) is 5.56 Å². The largest absolute Gasteiger partial charge is 0.497 e. The molecule has 2 aliphatic rings. The lowest BCUT2D eigenvalue weighted by Gasteiger charge is -2.26. The van der Waals surface area contributed by atoms with E-state index >= 15 is 0 Å². The Morgan fingerprint density at radius 1 is 0.977 bits per heavy atom. The average Bonchev–Trinajstić information content (AvgIpc) is 3.64. The summed E-state index contributed by atoms with van der Waals surface area (Å²) in [5.74, 6) is -3.11. The first-order valence-electron chi connectivity index (χ1n) is 14.3. The molecule has 2 fully saturated rings. The van der Waals surface area contributed by atoms with Gasteiger partial charge in [0.25, 0.3) is 0 Å². The fourth-order valence-corrected chi connectivity index (χ4v) is 5.18. The Kier molecular flexibility index (Phi) is 12.5. The van der Waals surface area contributed by atoms with Crippen molar-refractivity contribution in [3.8, 4) is 11.5 Å². The monoisotopic (exact) mass is 616 g/mol. The van der Waals surface area contributed by atoms with Crippen LogP contribution in [0.3, 0.4) is 0 Å². The van der Waals surface area contributed by atoms with Crippen LogP contribution in [0.4, 0.5) is 5.69 Å². The Morgan fingerprint density at radius 3 is 2.16 bits per heavy atom. The maximum absolute atomic E-state index is 12.0. The van der Waals surface area contributed by atoms with Crippen molar-refractivity contribution < 1.29 is 53.8 Å². The van der Waals surface area contributed by atoms with E-state index in [-0.39, 0.29) is 12.0 Å². The highest BCUT2D eigenvalue weighted by atomic mass is 16.5. The molecule has 13 heteroatoms. The predicted octanol–water partition coefficient (Wildman–Crippen LogP) is 2.76. The molecule has 0 aromatic heterocycles. The summed E-state index contributed by atoms with van der Waals surface area (Å²) in [5, 5.41) is 33.8. The zero-order valence-corrected chi connectivity index (χ0v) is 24.9. The fourth-order valence-electron chi connectivity index (χ4n) is 5.18. The van der Waals surface area contributed by atoms with Gasteiger partial charge in [0.15, 0.2) is 5.60 Å². The first kappa shape index (κ1) is 34.3. The number of carbonyl (C=O) groups excluding carboxylic acids is 1. The molecule has 0 bridgehead atoms. The van der Waals surface area contributed by atoms with Gasteiger partial charge < -0.3 is 39.5 Å². The summed E-state index contributed by atoms with van der Waals surface area (Å²) in [6, 6.07) is 14.3. The summed E-state index contributed by atoms with van der Waals surface area (Å²) >= 11 is 0. The number of amides is 1. The number of carboxylic acids is 3. The Hall–Kier alpha value is -4.20. The van der Waals surface area contributed by atoms with Crippen LogP contribution in [0.15, 0.2) is 42.5 Å². The molecule has 13 nitrogen and oxygen atoms in total. The summed E-state index contributed by atoms with van der Waals surface area (Å²) < 4.78 is 16.9. The molecular formula is C31H40N2O11. The van der Waals surface area contributed by atoms with Gasteiger partial charge in [-0.3, -0.25) is 19.3 Å². The quantitative estimate of drug-likeness (QED) is 0.244. The standard InChI is InChI=1S/C25H32N2O4.C6H8O7/c1-29-22-11-12-24(30-2)20(15-22)17-26(18-23-5-4-14-31-23)16-19-7-9-21(10-8-19)27-13-3-6-25(27)28;7-3(8)1-6(13,5(11)12)2-4(9)10/h7-12,15,23H,3-6,13-14,16-18H2,1-2H3;13H,1-2H2,(H,7,8)(H,9,10)(H,11,12). The van der Waals surface area contributed by atoms with E-state index in [1.54, 1.807) is 14.2 Å². The van der Waals surface area contributed by atoms with Gasteiger partial charge in [-0.25, -0.2) is 4.79 Å². The molecule has 0 aliphatic carbocycles. The number of methoxy groups -OCH3 is 2. The minimum absolute atomic E-state index is 0.220. The summed E-state index contributed by atoms with van der Waals surface area (Å²) in [7, 11) is 3.39. The number of aliphatic carboxylic acids is 3. The first-order valence-corrected chi connectivity index (χ1v) is 14.3. The molecule has 0 saturated carbocycles. The van der Waals surface area contributed by atoms with Gasteiger partial charge in [-0.1, -0.05) is 12.1 Å². The second-order valence-electron chi connectivity index (χ2n) is 10.8. The molecule has 2 aromatic carbocycles. The molecule has 4 rings (SSSR count). The summed E-state index contributed by atoms with van der Waals surface area (Å²) in [4.78, 5) is 46.8. The number of carbonyl (C=O) groups is 4. The van der Waals surface area contributed by atoms with Gasteiger partial charge in [-0.05, 0) is 55.2 Å². The van der Waals surface area contributed by atoms with Crippen LogP contribution in [-0.4, -0.2) is 94.8 Å². The Balaban J connectivity index is 0.000000345. The molecule has 44 heavy (non-hydrogen) atoms. The number of carboxylic acid groups (broad SMARTS) is 3. The van der Waals surface area contributed by atoms with Gasteiger partial charge in [0.05, 0.1) is 33.2 Å². The van der Waals surface area contributed by atoms with Crippen LogP contribution in [0.2, 0.25) is 0 Å². The van der Waals surface area contributed by atoms with Crippen LogP contribution in [0.1, 0.15) is 49.7 Å². The molecule has 240 valence electrons. The van der Waals surface area contributed by atoms with Gasteiger partial charge in [0, 0.05) is 50.5 Å². The molecule has 2 aromatic rings. The van der Waals surface area contributed by atoms with E-state index in [2.05, 4.69) is 29.2 Å². The summed E-state index contributed by atoms with van der Waals surface area (Å²) in [6.45, 7) is 4.08. The minimum atomic E-state index is -2.74. The SMILES string of the molecule is COc1ccc(OC)c(CN(Cc2ccc(N3CCCC3=O)cc2)CC2CCCO2)c1.O=C(O)CC(O)(CC(=O)O)C(=O)O. The number of hydrogen-bond acceptors (Lipinski definition) is 9. The number of hydrogen-bond donors (Lipinski definition) is 4. The third-order valence-corrected chi connectivity index (χ3v) is 7.38. The van der Waals surface area contributed by atoms with E-state index in [9.17, 15) is 19.2 Å². The van der Waals surface area contributed by atoms with Gasteiger partial charge in [0.2, 0.25) is 5.91 Å². The molecule has 1 unspecified atom stereocenters. The van der Waals surface area contributed by atoms with E-state index in [4.69, 9.17) is 34.6 Å². The molecule has 2 heterocycles. The predicted molar refractivity (Wildman–Crippen MR) is 158 cm³/mol. The van der Waals surface area contributed by atoms with Crippen molar-refractivity contribution in [1.82, 2.24) is 4.90 Å². The van der Waals surface area contributed by atoms with Crippen LogP contribution in [0, 0.1) is 0 Å². The van der Waals surface area contributed by atoms with E-state index in [0.717, 1.165) is 74.8 Å². The summed E-state index contributed by atoms with van der Waals surface area (Å²) in [6.07, 6.45) is 1.79. The molecule has 4 N–H and O–H groups in total. The first-order chi connectivity index (χ1) is 20.9. The van der Waals surface area contributed by atoms with Crippen molar-refractivity contribution in [2.45, 2.75) is 63.3 Å². The fraction of sp³-hybridized carbons (Fsp3) is 0.484.